The Morgan fingerprint density at radius 2 is 1.68 bits per heavy atom. The summed E-state index contributed by atoms with van der Waals surface area (Å²) in [5.41, 5.74) is 1.66. The predicted molar refractivity (Wildman–Crippen MR) is 319 cm³/mol. The zero-order valence-corrected chi connectivity index (χ0v) is 50.8. The van der Waals surface area contributed by atoms with E-state index < -0.39 is 70.3 Å². The van der Waals surface area contributed by atoms with Gasteiger partial charge in [0.2, 0.25) is 11.8 Å². The molecular weight excluding hydrogens is 1200 g/mol. The van der Waals surface area contributed by atoms with E-state index >= 15 is 0 Å². The van der Waals surface area contributed by atoms with Crippen LogP contribution in [0.1, 0.15) is 97.1 Å². The number of benzene rings is 1. The number of cyclic esters (lactones) is 1. The number of aliphatic hydroxyl groups excluding tert-OH is 5. The molecule has 0 radical (unpaired) electrons. The number of hydrazone groups is 1. The van der Waals surface area contributed by atoms with Crippen molar-refractivity contribution in [3.8, 4) is 0 Å². The lowest BCUT2D eigenvalue weighted by Crippen LogP contribution is -2.50. The number of carboxylic acid groups (broad SMARTS) is 1. The molecule has 5 aliphatic heterocycles. The lowest BCUT2D eigenvalue weighted by atomic mass is 9.85. The number of aliphatic imine (C=N–C) groups is 1. The summed E-state index contributed by atoms with van der Waals surface area (Å²) in [5.74, 6) is 5.83. The molecule has 8 rings (SSSR count). The van der Waals surface area contributed by atoms with Gasteiger partial charge < -0.3 is 79.1 Å². The molecule has 11 N–H and O–H groups in total. The number of hydrogen-bond acceptors (Lipinski definition) is 24. The van der Waals surface area contributed by atoms with Gasteiger partial charge in [-0.2, -0.15) is 10.1 Å². The number of halogens is 1. The highest BCUT2D eigenvalue weighted by Gasteiger charge is 2.48. The molecule has 4 amide bonds. The number of nitrogens with one attached hydrogen (secondary N) is 1. The van der Waals surface area contributed by atoms with Gasteiger partial charge in [-0.1, -0.05) is 38.2 Å². The van der Waals surface area contributed by atoms with E-state index in [0.717, 1.165) is 43.3 Å². The number of morpholine rings is 1. The summed E-state index contributed by atoms with van der Waals surface area (Å²) >= 11 is 0. The fourth-order valence-electron chi connectivity index (χ4n) is 9.52. The first-order valence-electron chi connectivity index (χ1n) is 29.1. The van der Waals surface area contributed by atoms with Crippen molar-refractivity contribution >= 4 is 65.2 Å². The van der Waals surface area contributed by atoms with Crippen LogP contribution in [0.2, 0.25) is 0 Å². The molecule has 0 unspecified atom stereocenters. The normalized spacial score (nSPS) is 21.8. The Bertz CT molecular complexity index is 2920. The summed E-state index contributed by atoms with van der Waals surface area (Å²) in [5, 5.41) is 84.9. The Balaban J connectivity index is 0.000000272. The van der Waals surface area contributed by atoms with Gasteiger partial charge in [0.1, 0.15) is 42.2 Å². The molecule has 0 aliphatic carbocycles. The minimum absolute atomic E-state index is 0.0160. The van der Waals surface area contributed by atoms with Crippen LogP contribution in [0.15, 0.2) is 62.7 Å². The molecule has 33 nitrogen and oxygen atoms in total. The number of carbonyl (C=O) groups excluding carboxylic acids is 4. The number of nitro groups is 2. The molecule has 3 aromatic rings. The summed E-state index contributed by atoms with van der Waals surface area (Å²) in [4.78, 5) is 86.2. The quantitative estimate of drug-likeness (QED) is 0.00811. The third-order valence-corrected chi connectivity index (χ3v) is 14.5. The van der Waals surface area contributed by atoms with Crippen LogP contribution in [0.4, 0.5) is 37.1 Å². The molecule has 0 saturated carbocycles. The van der Waals surface area contributed by atoms with Gasteiger partial charge >= 0.3 is 35.8 Å². The fraction of sp³-hybridized carbons (Fsp3) is 0.607. The average Bonchev–Trinajstić information content (AvgIpc) is 1.64. The van der Waals surface area contributed by atoms with Gasteiger partial charge in [0.15, 0.2) is 11.6 Å². The number of carbonyl (C=O) groups is 5. The summed E-state index contributed by atoms with van der Waals surface area (Å²) < 4.78 is 47.8. The number of furan rings is 1. The number of hydrazine groups is 1. The number of esters is 1. The number of aryl methyl sites for hydroxylation is 1. The standard InChI is InChI=1S/C26H44O9.C16H20FN3O4.C8H6N4O5.C6H9N3O3.H4N2/c1-16(13-23(30)33-11-9-7-5-4-6-8-10-22(28)29)12-20-25(32)24(31)19(15-34-20)14-21-26(35-21)17(2)18(3)27;1-11(21)18-9-13-10-20(16(22)24-13)12-2-3-15(14(17)8-12)19-4-6-23-7-5-19;13-6-4-11(8(14)10-6)9-3-5-1-2-7(17-5)12(15)16;1-5-7-4-6(9(11)12)8(5)2-3-10;1-2/h13,17-21,24-27,31-32H,4-12,14-15H2,1-3H3,(H,28,29);2-3,8,13H,4-7,9-10H2,1H3,(H,18,21);1-3H,4H2,(H,10,13,14);4,10H,2-3H2,1H3;1-2H2/b16-13+;;9-3+;;/t17-,18-,19-,20-,21-,24+,25-,26-;13-;;;/m00.../s1. The van der Waals surface area contributed by atoms with Crippen LogP contribution in [0.3, 0.4) is 0 Å². The number of carboxylic acids is 1. The summed E-state index contributed by atoms with van der Waals surface area (Å²) in [6.07, 6.45) is 5.94. The summed E-state index contributed by atoms with van der Waals surface area (Å²) in [7, 11) is 0. The van der Waals surface area contributed by atoms with Crippen LogP contribution < -0.4 is 26.8 Å². The molecule has 0 bridgehead atoms. The van der Waals surface area contributed by atoms with E-state index in [1.165, 1.54) is 46.9 Å². The summed E-state index contributed by atoms with van der Waals surface area (Å²) in [6.45, 7) is 12.0. The molecule has 5 aliphatic rings. The number of amides is 4. The van der Waals surface area contributed by atoms with Crippen molar-refractivity contribution in [3.05, 3.63) is 85.8 Å². The van der Waals surface area contributed by atoms with Crippen molar-refractivity contribution < 1.29 is 97.0 Å². The first kappa shape index (κ1) is 74.4. The van der Waals surface area contributed by atoms with Crippen LogP contribution in [0.5, 0.6) is 0 Å². The van der Waals surface area contributed by atoms with Crippen LogP contribution in [-0.4, -0.2) is 206 Å². The molecule has 500 valence electrons. The minimum atomic E-state index is -1.06. The largest absolute Gasteiger partial charge is 0.495 e. The highest BCUT2D eigenvalue weighted by molar-refractivity contribution is 5.97. The SMILES string of the molecule is C/C(=C\C(=O)OCCCCCCCCC(=O)O)C[C@@H]1OC[C@H](C[C@@H]2O[C@H]2[C@@H](C)[C@H](C)O)[C@@H](O)[C@H]1O.CC(=O)NC[C@H]1CN(c2ccc(N3CCOCC3)c(F)c2)C(=O)O1.Cc1ncc([N+](=O)[O-])n1CCO.NN.O=C1N=C(O)CN1/N=C/c1ccc([N+](=O)[O-])o1. The van der Waals surface area contributed by atoms with Gasteiger partial charge in [0, 0.05) is 51.3 Å². The fourth-order valence-corrected chi connectivity index (χ4v) is 9.52. The van der Waals surface area contributed by atoms with E-state index in [1.54, 1.807) is 32.9 Å². The van der Waals surface area contributed by atoms with Gasteiger partial charge in [-0.25, -0.2) is 33.3 Å². The van der Waals surface area contributed by atoms with Crippen molar-refractivity contribution in [3.63, 3.8) is 0 Å². The molecule has 0 spiro atoms. The number of aliphatic hydroxyl groups is 5. The van der Waals surface area contributed by atoms with Crippen molar-refractivity contribution in [1.29, 1.82) is 0 Å². The second kappa shape index (κ2) is 37.8. The molecule has 34 heteroatoms. The van der Waals surface area contributed by atoms with E-state index in [1.807, 2.05) is 11.8 Å². The molecular formula is C56H83FN12O21. The highest BCUT2D eigenvalue weighted by Crippen LogP contribution is 2.39. The van der Waals surface area contributed by atoms with E-state index in [9.17, 15) is 63.9 Å². The third-order valence-electron chi connectivity index (χ3n) is 14.5. The van der Waals surface area contributed by atoms with Crippen LogP contribution >= 0.6 is 0 Å². The molecule has 1 aromatic carbocycles. The predicted octanol–water partition coefficient (Wildman–Crippen LogP) is 3.54. The molecule has 90 heavy (non-hydrogen) atoms. The second-order valence-corrected chi connectivity index (χ2v) is 21.3. The number of nitrogens with two attached hydrogens (primary N) is 2. The first-order chi connectivity index (χ1) is 42.9. The van der Waals surface area contributed by atoms with Crippen molar-refractivity contribution in [1.82, 2.24) is 19.9 Å². The number of rotatable bonds is 26. The smallest absolute Gasteiger partial charge is 0.433 e. The number of epoxide rings is 1. The van der Waals surface area contributed by atoms with Gasteiger partial charge in [-0.05, 0) is 68.7 Å². The van der Waals surface area contributed by atoms with Gasteiger partial charge in [-0.3, -0.25) is 36.3 Å². The Labute approximate surface area is 517 Å². The number of urea groups is 1. The zero-order chi connectivity index (χ0) is 66.6. The highest BCUT2D eigenvalue weighted by atomic mass is 19.1. The number of ether oxygens (including phenoxy) is 5. The Morgan fingerprint density at radius 1 is 0.989 bits per heavy atom. The Kier molecular flexibility index (Phi) is 31.2. The first-order valence-corrected chi connectivity index (χ1v) is 29.1. The maximum absolute atomic E-state index is 14.4. The number of imidazole rings is 1. The van der Waals surface area contributed by atoms with E-state index in [4.69, 9.17) is 43.4 Å². The number of hydrogen-bond donors (Lipinski definition) is 9. The topological polar surface area (TPSA) is 472 Å². The number of unbranched alkanes of at least 4 members (excludes halogenated alkanes) is 5. The lowest BCUT2D eigenvalue weighted by Gasteiger charge is -2.38. The second-order valence-electron chi connectivity index (χ2n) is 21.3. The van der Waals surface area contributed by atoms with E-state index in [0.29, 0.717) is 81.6 Å². The monoisotopic (exact) mass is 1280 g/mol. The maximum Gasteiger partial charge on any atom is 0.433 e. The van der Waals surface area contributed by atoms with Crippen molar-refractivity contribution in [2.75, 3.05) is 75.6 Å². The molecule has 7 heterocycles. The van der Waals surface area contributed by atoms with E-state index in [2.05, 4.69) is 32.1 Å². The van der Waals surface area contributed by atoms with Crippen LogP contribution in [0, 0.1) is 44.8 Å². The number of anilines is 2. The molecule has 4 saturated heterocycles. The van der Waals surface area contributed by atoms with Gasteiger partial charge in [0.05, 0.1) is 100 Å². The minimum Gasteiger partial charge on any atom is -0.495 e. The van der Waals surface area contributed by atoms with Crippen molar-refractivity contribution in [2.45, 2.75) is 142 Å². The molecule has 9 atom stereocenters. The van der Waals surface area contributed by atoms with Crippen molar-refractivity contribution in [2.24, 2.45) is 33.6 Å². The van der Waals surface area contributed by atoms with Crippen LogP contribution in [0.25, 0.3) is 0 Å². The maximum atomic E-state index is 14.4. The number of aromatic nitrogens is 2. The van der Waals surface area contributed by atoms with Gasteiger partial charge in [0.25, 0.3) is 0 Å². The Hall–Kier alpha value is -8.09. The molecule has 4 fully saturated rings. The van der Waals surface area contributed by atoms with Crippen LogP contribution in [-0.2, 0) is 44.6 Å². The average molecular weight is 1280 g/mol. The lowest BCUT2D eigenvalue weighted by molar-refractivity contribution is -0.402. The zero-order valence-electron chi connectivity index (χ0n) is 50.8. The third kappa shape index (κ3) is 24.4. The Morgan fingerprint density at radius 3 is 2.28 bits per heavy atom. The number of aliphatic carboxylic acids is 1. The van der Waals surface area contributed by atoms with Gasteiger partial charge in [-0.15, -0.1) is 0 Å². The van der Waals surface area contributed by atoms with E-state index in [-0.39, 0.29) is 92.5 Å². The summed E-state index contributed by atoms with van der Waals surface area (Å²) in [6, 6.07) is 6.51. The molecule has 2 aromatic heterocycles. The number of nitrogens with zero attached hydrogens (tertiary/aromatic N) is 9.